The van der Waals surface area contributed by atoms with E-state index in [0.29, 0.717) is 29.7 Å². The highest BCUT2D eigenvalue weighted by atomic mass is 35.5. The normalized spacial score (nSPS) is 24.6. The zero-order chi connectivity index (χ0) is 16.7. The van der Waals surface area contributed by atoms with Crippen molar-refractivity contribution in [2.45, 2.75) is 37.8 Å². The predicted octanol–water partition coefficient (Wildman–Crippen LogP) is 2.84. The van der Waals surface area contributed by atoms with E-state index in [2.05, 4.69) is 0 Å². The molecule has 5 nitrogen and oxygen atoms in total. The van der Waals surface area contributed by atoms with Gasteiger partial charge in [-0.15, -0.1) is 0 Å². The molecule has 0 radical (unpaired) electrons. The SMILES string of the molecule is O=C(c1ccccc1Cl)N1CCC(N2CC3CCCN3C2=O)CC1. The topological polar surface area (TPSA) is 43.9 Å². The Morgan fingerprint density at radius 1 is 1.00 bits per heavy atom. The summed E-state index contributed by atoms with van der Waals surface area (Å²) in [6, 6.07) is 8.07. The number of urea groups is 1. The number of piperidine rings is 1. The third kappa shape index (κ3) is 2.65. The van der Waals surface area contributed by atoms with Gasteiger partial charge in [0.05, 0.1) is 16.6 Å². The average molecular weight is 348 g/mol. The molecule has 1 atom stereocenters. The molecular formula is C18H22ClN3O2. The van der Waals surface area contributed by atoms with Crippen LogP contribution < -0.4 is 0 Å². The third-order valence-corrected chi connectivity index (χ3v) is 5.90. The van der Waals surface area contributed by atoms with Gasteiger partial charge in [-0.2, -0.15) is 0 Å². The average Bonchev–Trinajstić information content (AvgIpc) is 3.18. The van der Waals surface area contributed by atoms with Gasteiger partial charge in [-0.3, -0.25) is 4.79 Å². The number of amides is 3. The van der Waals surface area contributed by atoms with Gasteiger partial charge in [-0.05, 0) is 37.8 Å². The fraction of sp³-hybridized carbons (Fsp3) is 0.556. The van der Waals surface area contributed by atoms with Crippen LogP contribution in [0.2, 0.25) is 5.02 Å². The number of hydrogen-bond acceptors (Lipinski definition) is 2. The molecule has 4 rings (SSSR count). The second-order valence-electron chi connectivity index (χ2n) is 6.93. The Kier molecular flexibility index (Phi) is 4.12. The molecule has 0 aromatic heterocycles. The van der Waals surface area contributed by atoms with Gasteiger partial charge in [0.15, 0.2) is 0 Å². The highest BCUT2D eigenvalue weighted by molar-refractivity contribution is 6.33. The number of likely N-dealkylation sites (tertiary alicyclic amines) is 1. The number of hydrogen-bond donors (Lipinski definition) is 0. The van der Waals surface area contributed by atoms with Crippen LogP contribution in [0.4, 0.5) is 4.79 Å². The molecule has 3 amide bonds. The minimum atomic E-state index is -0.00702. The lowest BCUT2D eigenvalue weighted by atomic mass is 10.0. The Hall–Kier alpha value is -1.75. The van der Waals surface area contributed by atoms with Crippen LogP contribution in [0.5, 0.6) is 0 Å². The number of carbonyl (C=O) groups is 2. The Balaban J connectivity index is 1.38. The molecule has 1 unspecified atom stereocenters. The second-order valence-corrected chi connectivity index (χ2v) is 7.33. The second kappa shape index (κ2) is 6.28. The lowest BCUT2D eigenvalue weighted by Crippen LogP contribution is -2.48. The van der Waals surface area contributed by atoms with Crippen molar-refractivity contribution < 1.29 is 9.59 Å². The summed E-state index contributed by atoms with van der Waals surface area (Å²) in [5.74, 6) is -0.00702. The summed E-state index contributed by atoms with van der Waals surface area (Å²) in [5.41, 5.74) is 0.565. The fourth-order valence-corrected chi connectivity index (χ4v) is 4.45. The van der Waals surface area contributed by atoms with Crippen molar-refractivity contribution in [1.82, 2.24) is 14.7 Å². The van der Waals surface area contributed by atoms with E-state index in [1.54, 1.807) is 12.1 Å². The smallest absolute Gasteiger partial charge is 0.320 e. The van der Waals surface area contributed by atoms with Gasteiger partial charge in [0.2, 0.25) is 0 Å². The van der Waals surface area contributed by atoms with Crippen LogP contribution in [0.15, 0.2) is 24.3 Å². The molecule has 1 aromatic carbocycles. The molecule has 6 heteroatoms. The largest absolute Gasteiger partial charge is 0.338 e. The summed E-state index contributed by atoms with van der Waals surface area (Å²) < 4.78 is 0. The monoisotopic (exact) mass is 347 g/mol. The van der Waals surface area contributed by atoms with Gasteiger partial charge in [0, 0.05) is 32.2 Å². The Morgan fingerprint density at radius 3 is 2.46 bits per heavy atom. The van der Waals surface area contributed by atoms with Crippen LogP contribution in [-0.2, 0) is 0 Å². The molecule has 1 aromatic rings. The maximum atomic E-state index is 12.6. The molecule has 0 saturated carbocycles. The van der Waals surface area contributed by atoms with Gasteiger partial charge in [-0.1, -0.05) is 23.7 Å². The molecule has 0 N–H and O–H groups in total. The van der Waals surface area contributed by atoms with E-state index in [1.165, 1.54) is 0 Å². The fourth-order valence-electron chi connectivity index (χ4n) is 4.24. The molecule has 3 saturated heterocycles. The first kappa shape index (κ1) is 15.8. The molecular weight excluding hydrogens is 326 g/mol. The molecule has 3 aliphatic heterocycles. The first-order chi connectivity index (χ1) is 11.6. The van der Waals surface area contributed by atoms with E-state index < -0.39 is 0 Å². The van der Waals surface area contributed by atoms with Gasteiger partial charge in [-0.25, -0.2) is 4.79 Å². The predicted molar refractivity (Wildman–Crippen MR) is 92.2 cm³/mol. The third-order valence-electron chi connectivity index (χ3n) is 5.57. The molecule has 128 valence electrons. The van der Waals surface area contributed by atoms with Crippen LogP contribution in [0.3, 0.4) is 0 Å². The van der Waals surface area contributed by atoms with Crippen molar-refractivity contribution in [3.63, 3.8) is 0 Å². The Bertz CT molecular complexity index is 657. The Morgan fingerprint density at radius 2 is 1.75 bits per heavy atom. The molecule has 3 heterocycles. The van der Waals surface area contributed by atoms with Gasteiger partial charge < -0.3 is 14.7 Å². The summed E-state index contributed by atoms with van der Waals surface area (Å²) in [5, 5.41) is 0.500. The first-order valence-electron chi connectivity index (χ1n) is 8.76. The van der Waals surface area contributed by atoms with Gasteiger partial charge >= 0.3 is 6.03 Å². The van der Waals surface area contributed by atoms with Crippen LogP contribution in [-0.4, -0.2) is 64.9 Å². The molecule has 0 bridgehead atoms. The van der Waals surface area contributed by atoms with Crippen LogP contribution in [0.1, 0.15) is 36.0 Å². The quantitative estimate of drug-likeness (QED) is 0.825. The van der Waals surface area contributed by atoms with Crippen molar-refractivity contribution in [1.29, 1.82) is 0 Å². The van der Waals surface area contributed by atoms with Crippen molar-refractivity contribution in [3.8, 4) is 0 Å². The highest BCUT2D eigenvalue weighted by Crippen LogP contribution is 2.30. The zero-order valence-corrected chi connectivity index (χ0v) is 14.4. The lowest BCUT2D eigenvalue weighted by Gasteiger charge is -2.36. The maximum absolute atomic E-state index is 12.6. The van der Waals surface area contributed by atoms with E-state index in [1.807, 2.05) is 26.8 Å². The van der Waals surface area contributed by atoms with Crippen LogP contribution >= 0.6 is 11.6 Å². The first-order valence-corrected chi connectivity index (χ1v) is 9.14. The molecule has 24 heavy (non-hydrogen) atoms. The summed E-state index contributed by atoms with van der Waals surface area (Å²) in [4.78, 5) is 31.1. The van der Waals surface area contributed by atoms with Crippen LogP contribution in [0.25, 0.3) is 0 Å². The number of fused-ring (bicyclic) bond motifs is 1. The standard InChI is InChI=1S/C18H22ClN3O2/c19-16-6-2-1-5-15(16)17(23)20-10-7-13(8-11-20)22-12-14-4-3-9-21(14)18(22)24/h1-2,5-6,13-14H,3-4,7-12H2. The zero-order valence-electron chi connectivity index (χ0n) is 13.7. The minimum Gasteiger partial charge on any atom is -0.338 e. The van der Waals surface area contributed by atoms with E-state index in [4.69, 9.17) is 11.6 Å². The number of halogens is 1. The van der Waals surface area contributed by atoms with E-state index in [-0.39, 0.29) is 18.0 Å². The molecule has 0 spiro atoms. The maximum Gasteiger partial charge on any atom is 0.320 e. The number of benzene rings is 1. The van der Waals surface area contributed by atoms with Crippen molar-refractivity contribution in [2.24, 2.45) is 0 Å². The van der Waals surface area contributed by atoms with Gasteiger partial charge in [0.25, 0.3) is 5.91 Å². The van der Waals surface area contributed by atoms with Crippen molar-refractivity contribution >= 4 is 23.5 Å². The van der Waals surface area contributed by atoms with E-state index >= 15 is 0 Å². The number of carbonyl (C=O) groups excluding carboxylic acids is 2. The molecule has 3 fully saturated rings. The van der Waals surface area contributed by atoms with Crippen molar-refractivity contribution in [3.05, 3.63) is 34.9 Å². The number of nitrogens with zero attached hydrogens (tertiary/aromatic N) is 3. The number of rotatable bonds is 2. The summed E-state index contributed by atoms with van der Waals surface area (Å²) in [7, 11) is 0. The lowest BCUT2D eigenvalue weighted by molar-refractivity contribution is 0.0662. The summed E-state index contributed by atoms with van der Waals surface area (Å²) in [6.07, 6.45) is 3.96. The van der Waals surface area contributed by atoms with E-state index in [0.717, 1.165) is 38.8 Å². The Labute approximate surface area is 147 Å². The highest BCUT2D eigenvalue weighted by Gasteiger charge is 2.43. The van der Waals surface area contributed by atoms with Gasteiger partial charge in [0.1, 0.15) is 0 Å². The minimum absolute atomic E-state index is 0.00702. The molecule has 0 aliphatic carbocycles. The summed E-state index contributed by atoms with van der Waals surface area (Å²) >= 11 is 6.14. The van der Waals surface area contributed by atoms with Crippen molar-refractivity contribution in [2.75, 3.05) is 26.2 Å². The summed E-state index contributed by atoms with van der Waals surface area (Å²) in [6.45, 7) is 3.14. The van der Waals surface area contributed by atoms with E-state index in [9.17, 15) is 9.59 Å². The van der Waals surface area contributed by atoms with Crippen LogP contribution in [0, 0.1) is 0 Å². The molecule has 3 aliphatic rings.